The van der Waals surface area contributed by atoms with E-state index in [1.807, 2.05) is 0 Å². The molecule has 0 aromatic carbocycles. The molecule has 0 saturated heterocycles. The van der Waals surface area contributed by atoms with Crippen molar-refractivity contribution in [1.82, 2.24) is 6.15 Å². The lowest BCUT2D eigenvalue weighted by atomic mass is 13.0. The van der Waals surface area contributed by atoms with Crippen LogP contribution in [0.25, 0.3) is 0 Å². The Hall–Kier alpha value is -0.840. The van der Waals surface area contributed by atoms with Gasteiger partial charge in [-0.1, -0.05) is 0 Å². The smallest absolute Gasteiger partial charge is 0.120 e. The molecule has 27 valence electrons. The van der Waals surface area contributed by atoms with Gasteiger partial charge in [-0.3, -0.25) is 0 Å². The van der Waals surface area contributed by atoms with Crippen LogP contribution in [0.2, 0.25) is 0 Å². The second-order valence-corrected chi connectivity index (χ2v) is 0.163. The number of rotatable bonds is 0. The minimum absolute atomic E-state index is 0. The van der Waals surface area contributed by atoms with E-state index >= 15 is 0 Å². The summed E-state index contributed by atoms with van der Waals surface area (Å²) >= 11 is 0. The topological polar surface area (TPSA) is 95.0 Å². The summed E-state index contributed by atoms with van der Waals surface area (Å²) in [5.41, 5.74) is 0. The van der Waals surface area contributed by atoms with Gasteiger partial charge in [0.15, 0.2) is 0 Å². The van der Waals surface area contributed by atoms with Crippen molar-refractivity contribution in [3.63, 3.8) is 0 Å². The van der Waals surface area contributed by atoms with Gasteiger partial charge in [0.25, 0.3) is 0 Å². The van der Waals surface area contributed by atoms with Crippen molar-refractivity contribution in [2.45, 2.75) is 0 Å². The SMILES string of the molecule is [N].[O]N=N[O]. The van der Waals surface area contributed by atoms with E-state index in [4.69, 9.17) is 10.4 Å². The molecular formula is N3O2. The van der Waals surface area contributed by atoms with Gasteiger partial charge in [-0.05, 0) is 0 Å². The maximum absolute atomic E-state index is 8.44. The van der Waals surface area contributed by atoms with E-state index in [0.717, 1.165) is 0 Å². The Morgan fingerprint density at radius 2 is 1.20 bits per heavy atom. The first-order valence-electron chi connectivity index (χ1n) is 0.565. The summed E-state index contributed by atoms with van der Waals surface area (Å²) in [6.45, 7) is 0. The number of hydrogen-bond acceptors (Lipinski definition) is 2. The van der Waals surface area contributed by atoms with Crippen LogP contribution in [0.1, 0.15) is 0 Å². The van der Waals surface area contributed by atoms with E-state index in [1.54, 1.807) is 10.6 Å². The molecule has 0 spiro atoms. The van der Waals surface area contributed by atoms with Crippen molar-refractivity contribution in [1.29, 1.82) is 0 Å². The summed E-state index contributed by atoms with van der Waals surface area (Å²) < 4.78 is 0. The third-order valence-corrected chi connectivity index (χ3v) is 0.0333. The molecule has 0 aliphatic carbocycles. The van der Waals surface area contributed by atoms with Crippen LogP contribution in [0.4, 0.5) is 0 Å². The third-order valence-electron chi connectivity index (χ3n) is 0.0333. The molecule has 5 nitrogen and oxygen atoms in total. The number of hydrogen-bond donors (Lipinski definition) is 0. The zero-order valence-electron chi connectivity index (χ0n) is 2.16. The molecule has 0 unspecified atom stereocenters. The molecule has 0 aromatic heterocycles. The maximum Gasteiger partial charge on any atom is 0.120 e. The summed E-state index contributed by atoms with van der Waals surface area (Å²) in [6.07, 6.45) is 0. The highest BCUT2D eigenvalue weighted by Crippen LogP contribution is 1.51. The molecule has 0 bridgehead atoms. The van der Waals surface area contributed by atoms with E-state index in [-0.39, 0.29) is 6.15 Å². The first kappa shape index (κ1) is 8.90. The van der Waals surface area contributed by atoms with Gasteiger partial charge in [-0.15, -0.1) is 10.4 Å². The highest BCUT2D eigenvalue weighted by Gasteiger charge is 1.46. The van der Waals surface area contributed by atoms with E-state index in [1.165, 1.54) is 0 Å². The predicted molar refractivity (Wildman–Crippen MR) is 8.36 cm³/mol. The van der Waals surface area contributed by atoms with Crippen LogP contribution in [-0.2, 0) is 10.4 Å². The molecule has 0 aromatic rings. The van der Waals surface area contributed by atoms with Gasteiger partial charge >= 0.3 is 0 Å². The van der Waals surface area contributed by atoms with Crippen LogP contribution in [-0.4, -0.2) is 0 Å². The fourth-order valence-corrected chi connectivity index (χ4v) is 0. The van der Waals surface area contributed by atoms with Gasteiger partial charge in [-0.2, -0.15) is 0 Å². The van der Waals surface area contributed by atoms with Gasteiger partial charge in [0, 0.05) is 6.15 Å². The van der Waals surface area contributed by atoms with Gasteiger partial charge in [0.1, 0.15) is 10.6 Å². The lowest BCUT2D eigenvalue weighted by molar-refractivity contribution is 0.0780. The fraction of sp³-hybridized carbons (Fsp3) is 0. The normalized spacial score (nSPS) is 7.20. The lowest BCUT2D eigenvalue weighted by Crippen LogP contribution is -1.34. The van der Waals surface area contributed by atoms with E-state index in [9.17, 15) is 0 Å². The van der Waals surface area contributed by atoms with Crippen molar-refractivity contribution in [3.8, 4) is 0 Å². The Bertz CT molecular complexity index is 20.1. The van der Waals surface area contributed by atoms with Gasteiger partial charge in [0.05, 0.1) is 0 Å². The summed E-state index contributed by atoms with van der Waals surface area (Å²) in [5.74, 6) is 0. The Morgan fingerprint density at radius 1 is 1.00 bits per heavy atom. The fourth-order valence-electron chi connectivity index (χ4n) is 0. The second kappa shape index (κ2) is 11.0. The van der Waals surface area contributed by atoms with Gasteiger partial charge < -0.3 is 0 Å². The zero-order chi connectivity index (χ0) is 3.41. The molecule has 5 heavy (non-hydrogen) atoms. The highest BCUT2D eigenvalue weighted by atomic mass is 16.5. The standard InChI is InChI=1S/N2O2.N/c3-1-2-4;. The minimum atomic E-state index is 0. The maximum atomic E-state index is 8.44. The van der Waals surface area contributed by atoms with Crippen molar-refractivity contribution in [2.75, 3.05) is 0 Å². The predicted octanol–water partition coefficient (Wildman–Crippen LogP) is -0.351. The molecule has 0 aliphatic rings. The lowest BCUT2D eigenvalue weighted by Gasteiger charge is -1.38. The Balaban J connectivity index is 0. The van der Waals surface area contributed by atoms with Crippen LogP contribution in [0.5, 0.6) is 0 Å². The molecule has 0 rings (SSSR count). The van der Waals surface area contributed by atoms with Crippen LogP contribution >= 0.6 is 0 Å². The molecular weight excluding hydrogens is 74.0 g/mol. The Morgan fingerprint density at radius 3 is 1.20 bits per heavy atom. The third kappa shape index (κ3) is 166. The molecule has 0 atom stereocenters. The summed E-state index contributed by atoms with van der Waals surface area (Å²) in [6, 6.07) is 0. The van der Waals surface area contributed by atoms with Crippen LogP contribution in [0.15, 0.2) is 10.6 Å². The van der Waals surface area contributed by atoms with Gasteiger partial charge in [0.2, 0.25) is 0 Å². The van der Waals surface area contributed by atoms with E-state index < -0.39 is 0 Å². The quantitative estimate of drug-likeness (QED) is 0.277. The summed E-state index contributed by atoms with van der Waals surface area (Å²) in [5, 5.41) is 20.0. The molecule has 5 heteroatoms. The molecule has 0 aliphatic heterocycles. The first-order valence-corrected chi connectivity index (χ1v) is 0.565. The van der Waals surface area contributed by atoms with E-state index in [0.29, 0.717) is 0 Å². The molecule has 0 saturated carbocycles. The molecule has 0 N–H and O–H groups in total. The Kier molecular flexibility index (Phi) is 19.5. The zero-order valence-corrected chi connectivity index (χ0v) is 2.16. The highest BCUT2D eigenvalue weighted by molar-refractivity contribution is 3.49. The molecule has 0 amide bonds. The minimum Gasteiger partial charge on any atom is -0.120 e. The van der Waals surface area contributed by atoms with Crippen molar-refractivity contribution >= 4 is 0 Å². The van der Waals surface area contributed by atoms with Crippen molar-refractivity contribution in [2.24, 2.45) is 10.6 Å². The monoisotopic (exact) mass is 74.0 g/mol. The summed E-state index contributed by atoms with van der Waals surface area (Å²) in [4.78, 5) is 0. The van der Waals surface area contributed by atoms with E-state index in [2.05, 4.69) is 0 Å². The summed E-state index contributed by atoms with van der Waals surface area (Å²) in [7, 11) is 0. The Labute approximate surface area is 28.5 Å². The largest absolute Gasteiger partial charge is 0.120 e. The number of nitrogens with zero attached hydrogens (tertiary/aromatic N) is 3. The molecule has 0 fully saturated rings. The first-order chi connectivity index (χ1) is 1.91. The van der Waals surface area contributed by atoms with Crippen LogP contribution in [0.3, 0.4) is 0 Å². The molecule has 0 heterocycles. The average molecular weight is 74.0 g/mol. The average Bonchev–Trinajstić information content (AvgIpc) is 1.37. The second-order valence-electron chi connectivity index (χ2n) is 0.163. The van der Waals surface area contributed by atoms with Gasteiger partial charge in [-0.25, -0.2) is 0 Å². The van der Waals surface area contributed by atoms with Crippen LogP contribution in [0, 0.1) is 0 Å². The molecule has 5 radical (unpaired) electrons. The van der Waals surface area contributed by atoms with Crippen molar-refractivity contribution < 1.29 is 10.4 Å². The van der Waals surface area contributed by atoms with Crippen molar-refractivity contribution in [3.05, 3.63) is 0 Å². The van der Waals surface area contributed by atoms with Crippen LogP contribution < -0.4 is 6.15 Å².